The maximum atomic E-state index is 10.9. The molecule has 0 atom stereocenters. The zero-order valence-electron chi connectivity index (χ0n) is 17.1. The Bertz CT molecular complexity index is 882. The Morgan fingerprint density at radius 3 is 1.90 bits per heavy atom. The molecule has 0 radical (unpaired) electrons. The Balaban J connectivity index is 0.000000501. The van der Waals surface area contributed by atoms with Crippen LogP contribution in [-0.4, -0.2) is 70.2 Å². The van der Waals surface area contributed by atoms with Gasteiger partial charge in [0.2, 0.25) is 0 Å². The second-order valence-corrected chi connectivity index (χ2v) is 6.94. The van der Waals surface area contributed by atoms with Crippen LogP contribution in [0, 0.1) is 10.1 Å². The van der Waals surface area contributed by atoms with E-state index in [0.29, 0.717) is 0 Å². The van der Waals surface area contributed by atoms with E-state index in [9.17, 15) is 10.1 Å². The number of nitrogens with zero attached hydrogens (tertiary/aromatic N) is 3. The maximum Gasteiger partial charge on any atom is 0.414 e. The normalized spacial score (nSPS) is 14.2. The highest BCUT2D eigenvalue weighted by atomic mass is 16.6. The fraction of sp³-hybridized carbons (Fsp3) is 0.333. The van der Waals surface area contributed by atoms with Crippen molar-refractivity contribution in [3.8, 4) is 5.75 Å². The number of rotatable bonds is 6. The van der Waals surface area contributed by atoms with E-state index in [4.69, 9.17) is 24.5 Å². The molecule has 2 aromatic rings. The first-order chi connectivity index (χ1) is 14.8. The van der Waals surface area contributed by atoms with Crippen LogP contribution < -0.4 is 4.74 Å². The molecule has 0 amide bonds. The van der Waals surface area contributed by atoms with Crippen LogP contribution in [-0.2, 0) is 22.7 Å². The van der Waals surface area contributed by atoms with Crippen molar-refractivity contribution in [2.45, 2.75) is 13.1 Å². The zero-order valence-corrected chi connectivity index (χ0v) is 17.1. The summed E-state index contributed by atoms with van der Waals surface area (Å²) >= 11 is 0. The molecule has 1 saturated heterocycles. The highest BCUT2D eigenvalue weighted by Gasteiger charge is 2.18. The minimum atomic E-state index is -1.82. The lowest BCUT2D eigenvalue weighted by molar-refractivity contribution is -0.384. The second-order valence-electron chi connectivity index (χ2n) is 6.94. The van der Waals surface area contributed by atoms with Crippen molar-refractivity contribution >= 4 is 17.6 Å². The zero-order chi connectivity index (χ0) is 22.8. The smallest absolute Gasteiger partial charge is 0.414 e. The number of benzene rings is 2. The van der Waals surface area contributed by atoms with Crippen LogP contribution in [0.15, 0.2) is 48.5 Å². The quantitative estimate of drug-likeness (QED) is 0.400. The molecule has 1 aliphatic rings. The van der Waals surface area contributed by atoms with Gasteiger partial charge in [0, 0.05) is 51.4 Å². The van der Waals surface area contributed by atoms with Crippen LogP contribution in [0.1, 0.15) is 11.1 Å². The van der Waals surface area contributed by atoms with Gasteiger partial charge in [-0.05, 0) is 23.3 Å². The fourth-order valence-electron chi connectivity index (χ4n) is 3.12. The third-order valence-corrected chi connectivity index (χ3v) is 4.74. The molecule has 10 heteroatoms. The molecule has 3 rings (SSSR count). The summed E-state index contributed by atoms with van der Waals surface area (Å²) in [6.45, 7) is 5.65. The first kappa shape index (κ1) is 23.8. The molecule has 2 N–H and O–H groups in total. The SMILES string of the molecule is COc1ccc(CN2CCN(Cc3cccc([N+](=O)[O-])c3)CC2)cc1.O=C(O)C(=O)O. The van der Waals surface area contributed by atoms with Crippen molar-refractivity contribution in [3.63, 3.8) is 0 Å². The number of nitro benzene ring substituents is 1. The van der Waals surface area contributed by atoms with E-state index in [2.05, 4.69) is 21.9 Å². The predicted octanol–water partition coefficient (Wildman–Crippen LogP) is 2.08. The highest BCUT2D eigenvalue weighted by Crippen LogP contribution is 2.17. The molecule has 166 valence electrons. The monoisotopic (exact) mass is 431 g/mol. The number of aliphatic carboxylic acids is 2. The van der Waals surface area contributed by atoms with Gasteiger partial charge in [0.15, 0.2) is 0 Å². The summed E-state index contributed by atoms with van der Waals surface area (Å²) in [5.74, 6) is -2.77. The molecule has 0 aromatic heterocycles. The Morgan fingerprint density at radius 1 is 0.935 bits per heavy atom. The molecule has 0 saturated carbocycles. The molecule has 1 heterocycles. The van der Waals surface area contributed by atoms with E-state index in [-0.39, 0.29) is 10.6 Å². The van der Waals surface area contributed by atoms with Crippen molar-refractivity contribution in [2.75, 3.05) is 33.3 Å². The van der Waals surface area contributed by atoms with E-state index < -0.39 is 11.9 Å². The van der Waals surface area contributed by atoms with Gasteiger partial charge >= 0.3 is 11.9 Å². The molecule has 1 fully saturated rings. The molecular formula is C21H25N3O7. The number of carbonyl (C=O) groups is 2. The summed E-state index contributed by atoms with van der Waals surface area (Å²) in [6, 6.07) is 15.1. The number of hydrogen-bond donors (Lipinski definition) is 2. The lowest BCUT2D eigenvalue weighted by Crippen LogP contribution is -2.45. The van der Waals surface area contributed by atoms with Crippen molar-refractivity contribution in [3.05, 3.63) is 69.8 Å². The Labute approximate surface area is 179 Å². The minimum absolute atomic E-state index is 0.163. The minimum Gasteiger partial charge on any atom is -0.497 e. The van der Waals surface area contributed by atoms with E-state index in [1.54, 1.807) is 19.2 Å². The second kappa shape index (κ2) is 11.6. The summed E-state index contributed by atoms with van der Waals surface area (Å²) in [6.07, 6.45) is 0. The molecule has 1 aliphatic heterocycles. The van der Waals surface area contributed by atoms with Crippen LogP contribution in [0.5, 0.6) is 5.75 Å². The standard InChI is InChI=1S/C19H23N3O3.C2H2O4/c1-25-19-7-5-16(6-8-19)14-20-9-11-21(12-10-20)15-17-3-2-4-18(13-17)22(23)24;3-1(4)2(5)6/h2-8,13H,9-12,14-15H2,1H3;(H,3,4)(H,5,6). The first-order valence-electron chi connectivity index (χ1n) is 9.55. The molecule has 0 unspecified atom stereocenters. The topological polar surface area (TPSA) is 133 Å². The van der Waals surface area contributed by atoms with Gasteiger partial charge in [-0.15, -0.1) is 0 Å². The lowest BCUT2D eigenvalue weighted by atomic mass is 10.1. The average molecular weight is 431 g/mol. The number of non-ortho nitro benzene ring substituents is 1. The number of carboxylic acid groups (broad SMARTS) is 2. The van der Waals surface area contributed by atoms with Gasteiger partial charge < -0.3 is 14.9 Å². The summed E-state index contributed by atoms with van der Waals surface area (Å²) in [5.41, 5.74) is 2.45. The third kappa shape index (κ3) is 8.03. The Hall–Kier alpha value is -3.50. The number of piperazine rings is 1. The van der Waals surface area contributed by atoms with Gasteiger partial charge in [-0.3, -0.25) is 19.9 Å². The van der Waals surface area contributed by atoms with E-state index in [1.807, 2.05) is 18.2 Å². The fourth-order valence-corrected chi connectivity index (χ4v) is 3.12. The van der Waals surface area contributed by atoms with Gasteiger partial charge in [-0.1, -0.05) is 24.3 Å². The number of nitro groups is 1. The highest BCUT2D eigenvalue weighted by molar-refractivity contribution is 6.27. The Kier molecular flexibility index (Phi) is 8.92. The van der Waals surface area contributed by atoms with Crippen molar-refractivity contribution in [1.82, 2.24) is 9.80 Å². The van der Waals surface area contributed by atoms with Crippen molar-refractivity contribution < 1.29 is 29.5 Å². The molecule has 2 aromatic carbocycles. The van der Waals surface area contributed by atoms with Crippen LogP contribution in [0.3, 0.4) is 0 Å². The van der Waals surface area contributed by atoms with Crippen LogP contribution in [0.2, 0.25) is 0 Å². The van der Waals surface area contributed by atoms with Crippen LogP contribution in [0.25, 0.3) is 0 Å². The van der Waals surface area contributed by atoms with Crippen molar-refractivity contribution in [2.24, 2.45) is 0 Å². The lowest BCUT2D eigenvalue weighted by Gasteiger charge is -2.34. The largest absolute Gasteiger partial charge is 0.497 e. The molecule has 10 nitrogen and oxygen atoms in total. The molecule has 0 spiro atoms. The summed E-state index contributed by atoms with van der Waals surface area (Å²) in [4.78, 5) is 33.5. The maximum absolute atomic E-state index is 10.9. The van der Waals surface area contributed by atoms with Gasteiger partial charge in [0.25, 0.3) is 5.69 Å². The van der Waals surface area contributed by atoms with E-state index in [1.165, 1.54) is 11.6 Å². The average Bonchev–Trinajstić information content (AvgIpc) is 2.76. The number of hydrogen-bond acceptors (Lipinski definition) is 7. The summed E-state index contributed by atoms with van der Waals surface area (Å²) in [7, 11) is 1.68. The molecule has 31 heavy (non-hydrogen) atoms. The summed E-state index contributed by atoms with van der Waals surface area (Å²) < 4.78 is 5.19. The van der Waals surface area contributed by atoms with Crippen molar-refractivity contribution in [1.29, 1.82) is 0 Å². The number of ether oxygens (including phenoxy) is 1. The van der Waals surface area contributed by atoms with Gasteiger partial charge in [0.1, 0.15) is 5.75 Å². The molecular weight excluding hydrogens is 406 g/mol. The van der Waals surface area contributed by atoms with Gasteiger partial charge in [-0.2, -0.15) is 0 Å². The third-order valence-electron chi connectivity index (χ3n) is 4.74. The predicted molar refractivity (Wildman–Crippen MR) is 112 cm³/mol. The first-order valence-corrected chi connectivity index (χ1v) is 9.55. The van der Waals surface area contributed by atoms with Gasteiger partial charge in [-0.25, -0.2) is 9.59 Å². The molecule has 0 bridgehead atoms. The van der Waals surface area contributed by atoms with E-state index in [0.717, 1.165) is 50.6 Å². The Morgan fingerprint density at radius 2 is 1.45 bits per heavy atom. The van der Waals surface area contributed by atoms with Crippen LogP contribution >= 0.6 is 0 Å². The number of methoxy groups -OCH3 is 1. The number of carboxylic acids is 2. The van der Waals surface area contributed by atoms with Gasteiger partial charge in [0.05, 0.1) is 12.0 Å². The molecule has 0 aliphatic carbocycles. The summed E-state index contributed by atoms with van der Waals surface area (Å²) in [5, 5.41) is 25.7. The van der Waals surface area contributed by atoms with E-state index >= 15 is 0 Å². The van der Waals surface area contributed by atoms with Crippen LogP contribution in [0.4, 0.5) is 5.69 Å².